The van der Waals surface area contributed by atoms with E-state index >= 15 is 0 Å². The second-order valence-corrected chi connectivity index (χ2v) is 6.85. The maximum Gasteiger partial charge on any atom is 0.336 e. The summed E-state index contributed by atoms with van der Waals surface area (Å²) in [6, 6.07) is 19.2. The van der Waals surface area contributed by atoms with Crippen LogP contribution in [0.2, 0.25) is 0 Å². The molecule has 5 heteroatoms. The summed E-state index contributed by atoms with van der Waals surface area (Å²) in [4.78, 5) is 38.3. The number of pyridine rings is 2. The molecule has 6 rings (SSSR count). The van der Waals surface area contributed by atoms with Crippen LogP contribution in [0.15, 0.2) is 85.5 Å². The van der Waals surface area contributed by atoms with E-state index in [2.05, 4.69) is 0 Å². The summed E-state index contributed by atoms with van der Waals surface area (Å²) >= 11 is 0. The van der Waals surface area contributed by atoms with Crippen LogP contribution in [0.25, 0.3) is 48.8 Å². The standard InChI is InChI=1S/C23H11NO4/c25-19-10-9-16-18(28-19)11-17-12-5-1-3-7-14(12)22(26)24-21(17)20(16)13-6-2-4-8-15(13)23(24)27/h1-11H. The molecule has 5 nitrogen and oxygen atoms in total. The van der Waals surface area contributed by atoms with Crippen molar-refractivity contribution in [2.24, 2.45) is 0 Å². The minimum absolute atomic E-state index is 0.347. The van der Waals surface area contributed by atoms with Crippen LogP contribution >= 0.6 is 0 Å². The first kappa shape index (κ1) is 15.1. The van der Waals surface area contributed by atoms with Gasteiger partial charge in [-0.3, -0.25) is 9.59 Å². The molecule has 28 heavy (non-hydrogen) atoms. The van der Waals surface area contributed by atoms with Crippen LogP contribution in [0, 0.1) is 0 Å². The highest BCUT2D eigenvalue weighted by atomic mass is 16.4. The van der Waals surface area contributed by atoms with E-state index in [1.807, 2.05) is 24.3 Å². The Balaban J connectivity index is 2.17. The van der Waals surface area contributed by atoms with Crippen molar-refractivity contribution in [3.8, 4) is 0 Å². The van der Waals surface area contributed by atoms with Crippen LogP contribution in [0.5, 0.6) is 0 Å². The molecule has 0 aliphatic heterocycles. The summed E-state index contributed by atoms with van der Waals surface area (Å²) in [7, 11) is 0. The normalized spacial score (nSPS) is 12.0. The summed E-state index contributed by atoms with van der Waals surface area (Å²) in [6.07, 6.45) is 0. The van der Waals surface area contributed by atoms with E-state index in [-0.39, 0.29) is 11.1 Å². The molecule has 0 aliphatic carbocycles. The Bertz CT molecular complexity index is 1760. The van der Waals surface area contributed by atoms with E-state index < -0.39 is 5.63 Å². The van der Waals surface area contributed by atoms with Crippen LogP contribution in [0.4, 0.5) is 0 Å². The van der Waals surface area contributed by atoms with E-state index in [0.717, 1.165) is 16.2 Å². The van der Waals surface area contributed by atoms with Crippen molar-refractivity contribution in [1.82, 2.24) is 4.40 Å². The van der Waals surface area contributed by atoms with Gasteiger partial charge in [-0.2, -0.15) is 0 Å². The Hall–Kier alpha value is -3.99. The maximum absolute atomic E-state index is 13.2. The van der Waals surface area contributed by atoms with E-state index in [0.29, 0.717) is 32.6 Å². The van der Waals surface area contributed by atoms with E-state index in [9.17, 15) is 14.4 Å². The zero-order valence-electron chi connectivity index (χ0n) is 14.4. The Morgan fingerprint density at radius 2 is 1.21 bits per heavy atom. The number of aromatic nitrogens is 1. The molecule has 0 aliphatic rings. The zero-order chi connectivity index (χ0) is 19.0. The summed E-state index contributed by atoms with van der Waals surface area (Å²) in [6.45, 7) is 0. The lowest BCUT2D eigenvalue weighted by atomic mass is 9.97. The van der Waals surface area contributed by atoms with E-state index in [4.69, 9.17) is 4.42 Å². The molecule has 0 unspecified atom stereocenters. The van der Waals surface area contributed by atoms with Crippen LogP contribution in [-0.4, -0.2) is 4.40 Å². The number of fused-ring (bicyclic) bond motifs is 6. The summed E-state index contributed by atoms with van der Waals surface area (Å²) in [5.41, 5.74) is -0.165. The van der Waals surface area contributed by atoms with Gasteiger partial charge in [-0.25, -0.2) is 9.20 Å². The molecule has 132 valence electrons. The fraction of sp³-hybridized carbons (Fsp3) is 0. The molecular formula is C23H11NO4. The quantitative estimate of drug-likeness (QED) is 0.234. The second kappa shape index (κ2) is 5.04. The Morgan fingerprint density at radius 3 is 1.93 bits per heavy atom. The molecule has 0 N–H and O–H groups in total. The lowest BCUT2D eigenvalue weighted by Crippen LogP contribution is -2.27. The average molecular weight is 365 g/mol. The Kier molecular flexibility index (Phi) is 2.72. The summed E-state index contributed by atoms with van der Waals surface area (Å²) < 4.78 is 6.72. The van der Waals surface area contributed by atoms with Crippen LogP contribution in [0.1, 0.15) is 0 Å². The van der Waals surface area contributed by atoms with Crippen molar-refractivity contribution in [3.63, 3.8) is 0 Å². The molecule has 3 heterocycles. The number of hydrogen-bond acceptors (Lipinski definition) is 4. The molecule has 0 atom stereocenters. The third kappa shape index (κ3) is 1.73. The van der Waals surface area contributed by atoms with Gasteiger partial charge in [0, 0.05) is 33.0 Å². The van der Waals surface area contributed by atoms with Crippen LogP contribution in [-0.2, 0) is 0 Å². The Morgan fingerprint density at radius 1 is 0.607 bits per heavy atom. The monoisotopic (exact) mass is 365 g/mol. The number of benzene rings is 3. The number of rotatable bonds is 0. The fourth-order valence-electron chi connectivity index (χ4n) is 4.24. The van der Waals surface area contributed by atoms with Gasteiger partial charge in [-0.15, -0.1) is 0 Å². The van der Waals surface area contributed by atoms with Gasteiger partial charge in [-0.05, 0) is 35.0 Å². The number of nitrogens with zero attached hydrogens (tertiary/aromatic N) is 1. The third-order valence-electron chi connectivity index (χ3n) is 5.40. The predicted molar refractivity (Wildman–Crippen MR) is 110 cm³/mol. The van der Waals surface area contributed by atoms with Crippen molar-refractivity contribution < 1.29 is 4.42 Å². The molecule has 0 saturated heterocycles. The summed E-state index contributed by atoms with van der Waals surface area (Å²) in [5, 5.41) is 4.48. The SMILES string of the molecule is O=c1ccc2c(cc3c4ccccc4c(=O)n4c(=O)c5ccccc5c2c34)o1. The largest absolute Gasteiger partial charge is 0.423 e. The zero-order valence-corrected chi connectivity index (χ0v) is 14.4. The molecule has 0 radical (unpaired) electrons. The lowest BCUT2D eigenvalue weighted by molar-refractivity contribution is 0.562. The van der Waals surface area contributed by atoms with Crippen molar-refractivity contribution >= 4 is 48.8 Å². The second-order valence-electron chi connectivity index (χ2n) is 6.85. The molecule has 0 bridgehead atoms. The van der Waals surface area contributed by atoms with E-state index in [1.165, 1.54) is 10.5 Å². The maximum atomic E-state index is 13.2. The molecular weight excluding hydrogens is 354 g/mol. The highest BCUT2D eigenvalue weighted by molar-refractivity contribution is 6.26. The van der Waals surface area contributed by atoms with Gasteiger partial charge < -0.3 is 4.42 Å². The first-order valence-electron chi connectivity index (χ1n) is 8.83. The van der Waals surface area contributed by atoms with Crippen molar-refractivity contribution in [2.75, 3.05) is 0 Å². The van der Waals surface area contributed by atoms with Gasteiger partial charge in [-0.1, -0.05) is 36.4 Å². The van der Waals surface area contributed by atoms with Gasteiger partial charge >= 0.3 is 5.63 Å². The van der Waals surface area contributed by atoms with Gasteiger partial charge in [0.15, 0.2) is 0 Å². The summed E-state index contributed by atoms with van der Waals surface area (Å²) in [5.74, 6) is 0. The van der Waals surface area contributed by atoms with Gasteiger partial charge in [0.2, 0.25) is 0 Å². The first-order chi connectivity index (χ1) is 13.6. The minimum atomic E-state index is -0.447. The molecule has 0 fully saturated rings. The molecule has 0 saturated carbocycles. The lowest BCUT2D eigenvalue weighted by Gasteiger charge is -2.14. The van der Waals surface area contributed by atoms with Gasteiger partial charge in [0.25, 0.3) is 11.1 Å². The van der Waals surface area contributed by atoms with Crippen LogP contribution in [0.3, 0.4) is 0 Å². The topological polar surface area (TPSA) is 68.8 Å². The highest BCUT2D eigenvalue weighted by Gasteiger charge is 2.19. The van der Waals surface area contributed by atoms with E-state index in [1.54, 1.807) is 36.4 Å². The smallest absolute Gasteiger partial charge is 0.336 e. The third-order valence-corrected chi connectivity index (χ3v) is 5.40. The van der Waals surface area contributed by atoms with Crippen molar-refractivity contribution in [2.45, 2.75) is 0 Å². The molecule has 0 spiro atoms. The highest BCUT2D eigenvalue weighted by Crippen LogP contribution is 2.35. The fourth-order valence-corrected chi connectivity index (χ4v) is 4.24. The van der Waals surface area contributed by atoms with Gasteiger partial charge in [0.1, 0.15) is 5.58 Å². The number of hydrogen-bond donors (Lipinski definition) is 0. The predicted octanol–water partition coefficient (Wildman–Crippen LogP) is 3.66. The average Bonchev–Trinajstić information content (AvgIpc) is 2.72. The first-order valence-corrected chi connectivity index (χ1v) is 8.83. The molecule has 3 aromatic carbocycles. The molecule has 3 aromatic heterocycles. The Labute approximate surface area is 156 Å². The minimum Gasteiger partial charge on any atom is -0.423 e. The molecule has 0 amide bonds. The van der Waals surface area contributed by atoms with Gasteiger partial charge in [0.05, 0.1) is 5.52 Å². The van der Waals surface area contributed by atoms with Crippen molar-refractivity contribution in [3.05, 3.63) is 97.9 Å². The van der Waals surface area contributed by atoms with Crippen molar-refractivity contribution in [1.29, 1.82) is 0 Å². The molecule has 6 aromatic rings. The van der Waals surface area contributed by atoms with Crippen LogP contribution < -0.4 is 16.7 Å².